The Morgan fingerprint density at radius 2 is 1.54 bits per heavy atom. The Morgan fingerprint density at radius 1 is 0.943 bits per heavy atom. The van der Waals surface area contributed by atoms with E-state index in [1.807, 2.05) is 0 Å². The fourth-order valence-electron chi connectivity index (χ4n) is 5.00. The third-order valence-electron chi connectivity index (χ3n) is 7.28. The Balaban J connectivity index is 1.73. The highest BCUT2D eigenvalue weighted by Gasteiger charge is 2.27. The standard InChI is InChI=1S/C29H43N3O2S/c1-28(2,3)23-17-20(18-24(32-23)29(4,5)6)25-22(16-19-10-8-7-9-11-19)31-27(35-25)26(33)30-21-12-14-34-15-13-21/h17-19,21H,7-16H2,1-6H3,(H,30,33). The lowest BCUT2D eigenvalue weighted by Gasteiger charge is -2.25. The van der Waals surface area contributed by atoms with Crippen molar-refractivity contribution in [1.29, 1.82) is 0 Å². The highest BCUT2D eigenvalue weighted by molar-refractivity contribution is 7.17. The van der Waals surface area contributed by atoms with Gasteiger partial charge in [0.25, 0.3) is 5.91 Å². The van der Waals surface area contributed by atoms with Gasteiger partial charge in [-0.05, 0) is 42.9 Å². The predicted octanol–water partition coefficient (Wildman–Crippen LogP) is 6.83. The van der Waals surface area contributed by atoms with E-state index in [1.165, 1.54) is 32.1 Å². The van der Waals surface area contributed by atoms with E-state index in [9.17, 15) is 4.79 Å². The van der Waals surface area contributed by atoms with Crippen LogP contribution in [0.15, 0.2) is 12.1 Å². The first-order valence-electron chi connectivity index (χ1n) is 13.4. The Hall–Kier alpha value is -1.79. The van der Waals surface area contributed by atoms with Gasteiger partial charge in [-0.3, -0.25) is 9.78 Å². The third kappa shape index (κ3) is 6.71. The Labute approximate surface area is 215 Å². The smallest absolute Gasteiger partial charge is 0.280 e. The number of aromatic nitrogens is 2. The van der Waals surface area contributed by atoms with Crippen LogP contribution in [0, 0.1) is 5.92 Å². The largest absolute Gasteiger partial charge is 0.381 e. The highest BCUT2D eigenvalue weighted by atomic mass is 32.1. The number of hydrogen-bond donors (Lipinski definition) is 1. The van der Waals surface area contributed by atoms with Crippen LogP contribution in [0.2, 0.25) is 0 Å². The van der Waals surface area contributed by atoms with Crippen LogP contribution in [0.1, 0.15) is 113 Å². The van der Waals surface area contributed by atoms with E-state index < -0.39 is 0 Å². The summed E-state index contributed by atoms with van der Waals surface area (Å²) < 4.78 is 5.46. The molecule has 192 valence electrons. The molecule has 35 heavy (non-hydrogen) atoms. The van der Waals surface area contributed by atoms with E-state index >= 15 is 0 Å². The molecule has 5 nitrogen and oxygen atoms in total. The van der Waals surface area contributed by atoms with Crippen molar-refractivity contribution >= 4 is 17.2 Å². The SMILES string of the molecule is CC(C)(C)c1cc(-c2sc(C(=O)NC3CCOCC3)nc2CC2CCCCC2)cc(C(C)(C)C)n1. The molecule has 4 rings (SSSR count). The second kappa shape index (κ2) is 10.7. The number of rotatable bonds is 5. The average Bonchev–Trinajstić information content (AvgIpc) is 3.23. The van der Waals surface area contributed by atoms with Gasteiger partial charge in [-0.25, -0.2) is 4.98 Å². The summed E-state index contributed by atoms with van der Waals surface area (Å²) in [7, 11) is 0. The Kier molecular flexibility index (Phi) is 8.02. The van der Waals surface area contributed by atoms with Crippen LogP contribution in [0.4, 0.5) is 0 Å². The minimum Gasteiger partial charge on any atom is -0.381 e. The molecule has 0 aromatic carbocycles. The van der Waals surface area contributed by atoms with Gasteiger partial charge in [-0.15, -0.1) is 11.3 Å². The van der Waals surface area contributed by atoms with Crippen molar-refractivity contribution in [3.05, 3.63) is 34.2 Å². The number of thiazole rings is 1. The maximum Gasteiger partial charge on any atom is 0.280 e. The first-order valence-corrected chi connectivity index (χ1v) is 14.2. The number of carbonyl (C=O) groups is 1. The fourth-order valence-corrected chi connectivity index (χ4v) is 5.98. The maximum absolute atomic E-state index is 13.2. The Bertz CT molecular complexity index is 987. The summed E-state index contributed by atoms with van der Waals surface area (Å²) in [6.45, 7) is 14.7. The van der Waals surface area contributed by atoms with Crippen molar-refractivity contribution in [2.45, 2.75) is 110 Å². The summed E-state index contributed by atoms with van der Waals surface area (Å²) in [5.41, 5.74) is 4.30. The molecule has 2 aliphatic rings. The molecular weight excluding hydrogens is 454 g/mol. The van der Waals surface area contributed by atoms with E-state index in [1.54, 1.807) is 11.3 Å². The maximum atomic E-state index is 13.2. The molecule has 1 N–H and O–H groups in total. The highest BCUT2D eigenvalue weighted by Crippen LogP contribution is 2.38. The van der Waals surface area contributed by atoms with Crippen molar-refractivity contribution in [3.8, 4) is 10.4 Å². The van der Waals surface area contributed by atoms with Gasteiger partial charge in [-0.2, -0.15) is 0 Å². The van der Waals surface area contributed by atoms with Crippen molar-refractivity contribution in [2.24, 2.45) is 5.92 Å². The van der Waals surface area contributed by atoms with Crippen LogP contribution in [0.3, 0.4) is 0 Å². The zero-order chi connectivity index (χ0) is 25.2. The van der Waals surface area contributed by atoms with Crippen molar-refractivity contribution in [1.82, 2.24) is 15.3 Å². The fraction of sp³-hybridized carbons (Fsp3) is 0.690. The molecule has 3 heterocycles. The molecule has 1 saturated carbocycles. The molecule has 1 amide bonds. The van der Waals surface area contributed by atoms with Gasteiger partial charge >= 0.3 is 0 Å². The average molecular weight is 498 g/mol. The first kappa shape index (κ1) is 26.3. The van der Waals surface area contributed by atoms with Gasteiger partial charge in [0.05, 0.1) is 10.6 Å². The van der Waals surface area contributed by atoms with Gasteiger partial charge in [0, 0.05) is 41.5 Å². The second-order valence-electron chi connectivity index (χ2n) is 12.5. The summed E-state index contributed by atoms with van der Waals surface area (Å²) in [6, 6.07) is 4.63. The molecule has 0 spiro atoms. The van der Waals surface area contributed by atoms with Crippen LogP contribution in [-0.2, 0) is 22.0 Å². The van der Waals surface area contributed by atoms with Crippen LogP contribution in [0.25, 0.3) is 10.4 Å². The zero-order valence-corrected chi connectivity index (χ0v) is 23.3. The molecule has 6 heteroatoms. The number of nitrogens with zero attached hydrogens (tertiary/aromatic N) is 2. The quantitative estimate of drug-likeness (QED) is 0.492. The van der Waals surface area contributed by atoms with E-state index in [-0.39, 0.29) is 22.8 Å². The molecule has 0 unspecified atom stereocenters. The normalized spacial score (nSPS) is 18.6. The monoisotopic (exact) mass is 497 g/mol. The van der Waals surface area contributed by atoms with Gasteiger partial charge in [0.15, 0.2) is 5.01 Å². The van der Waals surface area contributed by atoms with E-state index in [4.69, 9.17) is 14.7 Å². The van der Waals surface area contributed by atoms with Crippen molar-refractivity contribution in [3.63, 3.8) is 0 Å². The lowest BCUT2D eigenvalue weighted by atomic mass is 9.84. The number of nitrogens with one attached hydrogen (secondary N) is 1. The molecular formula is C29H43N3O2S. The number of pyridine rings is 1. The minimum atomic E-state index is -0.0620. The van der Waals surface area contributed by atoms with Gasteiger partial charge in [0.2, 0.25) is 0 Å². The molecule has 0 bridgehead atoms. The molecule has 2 aromatic heterocycles. The van der Waals surface area contributed by atoms with Crippen LogP contribution in [-0.4, -0.2) is 35.1 Å². The summed E-state index contributed by atoms with van der Waals surface area (Å²) in [5, 5.41) is 3.81. The van der Waals surface area contributed by atoms with E-state index in [0.29, 0.717) is 24.1 Å². The number of carbonyl (C=O) groups excluding carboxylic acids is 1. The minimum absolute atomic E-state index is 0.0424. The van der Waals surface area contributed by atoms with Crippen molar-refractivity contribution in [2.75, 3.05) is 13.2 Å². The topological polar surface area (TPSA) is 64.1 Å². The molecule has 2 fully saturated rings. The van der Waals surface area contributed by atoms with Crippen molar-refractivity contribution < 1.29 is 9.53 Å². The van der Waals surface area contributed by atoms with Crippen LogP contribution >= 0.6 is 11.3 Å². The number of ether oxygens (including phenoxy) is 1. The summed E-state index contributed by atoms with van der Waals surface area (Å²) >= 11 is 1.55. The second-order valence-corrected chi connectivity index (χ2v) is 13.5. The van der Waals surface area contributed by atoms with Gasteiger partial charge in [-0.1, -0.05) is 73.6 Å². The molecule has 1 aliphatic heterocycles. The number of amides is 1. The number of hydrogen-bond acceptors (Lipinski definition) is 5. The third-order valence-corrected chi connectivity index (χ3v) is 8.42. The zero-order valence-electron chi connectivity index (χ0n) is 22.5. The summed E-state index contributed by atoms with van der Waals surface area (Å²) in [5.74, 6) is 0.612. The molecule has 1 saturated heterocycles. The van der Waals surface area contributed by atoms with Crippen LogP contribution < -0.4 is 5.32 Å². The lowest BCUT2D eigenvalue weighted by Crippen LogP contribution is -2.38. The molecule has 2 aromatic rings. The molecule has 0 radical (unpaired) electrons. The first-order chi connectivity index (χ1) is 16.5. The lowest BCUT2D eigenvalue weighted by molar-refractivity contribution is 0.0696. The molecule has 0 atom stereocenters. The summed E-state index contributed by atoms with van der Waals surface area (Å²) in [6.07, 6.45) is 9.16. The Morgan fingerprint density at radius 3 is 2.11 bits per heavy atom. The van der Waals surface area contributed by atoms with Gasteiger partial charge < -0.3 is 10.1 Å². The van der Waals surface area contributed by atoms with Gasteiger partial charge in [0.1, 0.15) is 0 Å². The van der Waals surface area contributed by atoms with Crippen LogP contribution in [0.5, 0.6) is 0 Å². The van der Waals surface area contributed by atoms with E-state index in [0.717, 1.165) is 46.8 Å². The summed E-state index contributed by atoms with van der Waals surface area (Å²) in [4.78, 5) is 24.4. The molecule has 1 aliphatic carbocycles. The predicted molar refractivity (Wildman–Crippen MR) is 144 cm³/mol. The van der Waals surface area contributed by atoms with E-state index in [2.05, 4.69) is 59.0 Å².